The Morgan fingerprint density at radius 2 is 1.27 bits per heavy atom. The number of imidazole rings is 1. The Morgan fingerprint density at radius 1 is 0.643 bits per heavy atom. The molecule has 2 aromatic carbocycles. The number of aromatic amines is 2. The monoisotopic (exact) mass is 969 g/mol. The minimum absolute atomic E-state index is 0.0540. The summed E-state index contributed by atoms with van der Waals surface area (Å²) in [5.74, 6) is -5.82. The van der Waals surface area contributed by atoms with Crippen LogP contribution in [0.3, 0.4) is 0 Å². The van der Waals surface area contributed by atoms with Gasteiger partial charge in [-0.15, -0.1) is 0 Å². The predicted octanol–water partition coefficient (Wildman–Crippen LogP) is 1.59. The van der Waals surface area contributed by atoms with Gasteiger partial charge in [-0.3, -0.25) is 38.4 Å². The molecule has 0 spiro atoms. The second-order valence-corrected chi connectivity index (χ2v) is 18.0. The van der Waals surface area contributed by atoms with Crippen molar-refractivity contribution in [2.45, 2.75) is 148 Å². The first kappa shape index (κ1) is 55.5. The summed E-state index contributed by atoms with van der Waals surface area (Å²) >= 11 is 0. The van der Waals surface area contributed by atoms with Crippen molar-refractivity contribution in [1.82, 2.24) is 52.2 Å². The number of nitrogens with two attached hydrogens (primary N) is 2. The number of benzene rings is 2. The molecule has 0 aliphatic carbocycles. The summed E-state index contributed by atoms with van der Waals surface area (Å²) in [6.45, 7) is 8.46. The van der Waals surface area contributed by atoms with E-state index in [0.717, 1.165) is 55.0 Å². The highest BCUT2D eigenvalue weighted by Gasteiger charge is 2.33. The summed E-state index contributed by atoms with van der Waals surface area (Å²) in [6.07, 6.45) is 10.0. The normalized spacial score (nSPS) is 13.8. The van der Waals surface area contributed by atoms with Crippen molar-refractivity contribution >= 4 is 58.2 Å². The molecule has 0 radical (unpaired) electrons. The number of nitrogens with one attached hydrogen (secondary N) is 9. The minimum atomic E-state index is -1.31. The quantitative estimate of drug-likeness (QED) is 0.0359. The summed E-state index contributed by atoms with van der Waals surface area (Å²) in [5.41, 5.74) is 14.4. The molecule has 70 heavy (non-hydrogen) atoms. The number of H-pyrrole nitrogens is 2. The molecule has 0 aliphatic heterocycles. The molecule has 8 amide bonds. The molecule has 2 heterocycles. The van der Waals surface area contributed by atoms with Crippen LogP contribution in [0.1, 0.15) is 103 Å². The molecular formula is C50H72N12O8. The lowest BCUT2D eigenvalue weighted by Crippen LogP contribution is -2.59. The molecule has 0 bridgehead atoms. The van der Waals surface area contributed by atoms with Gasteiger partial charge in [0.2, 0.25) is 47.3 Å². The van der Waals surface area contributed by atoms with Crippen LogP contribution in [0.15, 0.2) is 73.3 Å². The number of para-hydroxylation sites is 1. The van der Waals surface area contributed by atoms with Gasteiger partial charge in [-0.1, -0.05) is 102 Å². The van der Waals surface area contributed by atoms with Crippen LogP contribution in [0.5, 0.6) is 0 Å². The molecule has 4 aromatic rings. The molecule has 0 unspecified atom stereocenters. The van der Waals surface area contributed by atoms with Gasteiger partial charge in [0.05, 0.1) is 24.6 Å². The largest absolute Gasteiger partial charge is 0.370 e. The molecule has 0 aliphatic rings. The topological polar surface area (TPSA) is 317 Å². The summed E-state index contributed by atoms with van der Waals surface area (Å²) in [5, 5.41) is 19.8. The zero-order valence-corrected chi connectivity index (χ0v) is 40.9. The van der Waals surface area contributed by atoms with Gasteiger partial charge in [-0.2, -0.15) is 0 Å². The van der Waals surface area contributed by atoms with E-state index < -0.39 is 90.1 Å². The number of nitrogens with zero attached hydrogens (tertiary/aromatic N) is 1. The van der Waals surface area contributed by atoms with Crippen molar-refractivity contribution in [1.29, 1.82) is 0 Å². The van der Waals surface area contributed by atoms with Crippen LogP contribution in [0.25, 0.3) is 10.9 Å². The maximum atomic E-state index is 14.1. The van der Waals surface area contributed by atoms with Crippen LogP contribution < -0.4 is 48.7 Å². The Kier molecular flexibility index (Phi) is 22.5. The van der Waals surface area contributed by atoms with E-state index in [1.54, 1.807) is 38.4 Å². The first-order chi connectivity index (χ1) is 33.5. The van der Waals surface area contributed by atoms with Gasteiger partial charge in [-0.05, 0) is 55.7 Å². The number of carbonyl (C=O) groups is 8. The minimum Gasteiger partial charge on any atom is -0.370 e. The zero-order chi connectivity index (χ0) is 51.2. The van der Waals surface area contributed by atoms with Crippen LogP contribution in [-0.2, 0) is 57.6 Å². The number of rotatable bonds is 30. The van der Waals surface area contributed by atoms with Crippen molar-refractivity contribution < 1.29 is 38.4 Å². The fourth-order valence-electron chi connectivity index (χ4n) is 7.82. The Hall–Kier alpha value is -7.09. The average molecular weight is 969 g/mol. The van der Waals surface area contributed by atoms with E-state index in [1.165, 1.54) is 13.3 Å². The Labute approximate surface area is 409 Å². The number of aromatic nitrogens is 3. The molecule has 0 fully saturated rings. The highest BCUT2D eigenvalue weighted by atomic mass is 16.2. The fraction of sp³-hybridized carbons (Fsp3) is 0.500. The van der Waals surface area contributed by atoms with Gasteiger partial charge in [0.1, 0.15) is 30.2 Å². The molecule has 13 N–H and O–H groups in total. The fourth-order valence-corrected chi connectivity index (χ4v) is 7.82. The van der Waals surface area contributed by atoms with E-state index in [-0.39, 0.29) is 44.1 Å². The molecule has 4 rings (SSSR count). The van der Waals surface area contributed by atoms with E-state index in [2.05, 4.69) is 66.0 Å². The molecule has 2 aromatic heterocycles. The molecule has 20 nitrogen and oxygen atoms in total. The standard InChI is InChI=1S/C50H72N12O8/c1-6-8-17-34(18-9-7-2)58-49(69)41(25-35-27-53-29-56-35)59-43(64)28-55-50(70)44(30(3)4)62-45(65)31(5)57-48(68)40(24-33-26-54-38-20-14-13-19-36(33)38)61-47(67)39(21-22-42(52)63)60-46(66)37(51)23-32-15-11-10-12-16-32/h10-16,19-20,26-27,29-31,34,37,39-41,44,54H,6-9,17-18,21-25,28,51H2,1-5H3,(H2,52,63)(H,53,56)(H,55,70)(H,57,68)(H,58,69)(H,59,64)(H,60,66)(H,61,67)(H,62,65)/t31-,37+,39-,40-,41-,44-/m0/s1. The van der Waals surface area contributed by atoms with Crippen LogP contribution in [0, 0.1) is 5.92 Å². The van der Waals surface area contributed by atoms with Gasteiger partial charge >= 0.3 is 0 Å². The summed E-state index contributed by atoms with van der Waals surface area (Å²) in [7, 11) is 0. The second-order valence-electron chi connectivity index (χ2n) is 18.0. The van der Waals surface area contributed by atoms with E-state index in [9.17, 15) is 38.4 Å². The number of hydrogen-bond acceptors (Lipinski definition) is 10. The third-order valence-electron chi connectivity index (χ3n) is 11.9. The van der Waals surface area contributed by atoms with Crippen LogP contribution in [0.4, 0.5) is 0 Å². The number of fused-ring (bicyclic) bond motifs is 1. The summed E-state index contributed by atoms with van der Waals surface area (Å²) in [6, 6.07) is 9.30. The van der Waals surface area contributed by atoms with Gasteiger partial charge in [0.25, 0.3) is 0 Å². The Balaban J connectivity index is 1.43. The Bertz CT molecular complexity index is 2330. The van der Waals surface area contributed by atoms with Crippen LogP contribution >= 0.6 is 0 Å². The molecule has 0 saturated carbocycles. The summed E-state index contributed by atoms with van der Waals surface area (Å²) < 4.78 is 0. The summed E-state index contributed by atoms with van der Waals surface area (Å²) in [4.78, 5) is 118. The third-order valence-corrected chi connectivity index (χ3v) is 11.9. The highest BCUT2D eigenvalue weighted by Crippen LogP contribution is 2.20. The van der Waals surface area contributed by atoms with E-state index >= 15 is 0 Å². The smallest absolute Gasteiger partial charge is 0.243 e. The second kappa shape index (κ2) is 28.4. The van der Waals surface area contributed by atoms with Crippen molar-refractivity contribution in [3.05, 3.63) is 90.1 Å². The molecular weight excluding hydrogens is 897 g/mol. The van der Waals surface area contributed by atoms with Gasteiger partial charge < -0.3 is 58.7 Å². The van der Waals surface area contributed by atoms with Crippen molar-refractivity contribution in [2.75, 3.05) is 6.54 Å². The number of hydrogen-bond donors (Lipinski definition) is 11. The lowest BCUT2D eigenvalue weighted by molar-refractivity contribution is -0.135. The Morgan fingerprint density at radius 3 is 1.91 bits per heavy atom. The van der Waals surface area contributed by atoms with Crippen molar-refractivity contribution in [3.8, 4) is 0 Å². The highest BCUT2D eigenvalue weighted by molar-refractivity contribution is 5.97. The lowest BCUT2D eigenvalue weighted by Gasteiger charge is -2.26. The first-order valence-electron chi connectivity index (χ1n) is 24.2. The van der Waals surface area contributed by atoms with Crippen molar-refractivity contribution in [2.24, 2.45) is 17.4 Å². The van der Waals surface area contributed by atoms with E-state index in [4.69, 9.17) is 11.5 Å². The van der Waals surface area contributed by atoms with Gasteiger partial charge in [0, 0.05) is 48.6 Å². The number of unbranched alkanes of at least 4 members (excludes halogenated alkanes) is 2. The lowest BCUT2D eigenvalue weighted by atomic mass is 10.0. The van der Waals surface area contributed by atoms with Crippen LogP contribution in [-0.4, -0.2) is 111 Å². The zero-order valence-electron chi connectivity index (χ0n) is 40.9. The third kappa shape index (κ3) is 18.1. The van der Waals surface area contributed by atoms with Gasteiger partial charge in [-0.25, -0.2) is 4.98 Å². The van der Waals surface area contributed by atoms with Crippen molar-refractivity contribution in [3.63, 3.8) is 0 Å². The average Bonchev–Trinajstić information content (AvgIpc) is 4.01. The molecule has 0 saturated heterocycles. The first-order valence-corrected chi connectivity index (χ1v) is 24.2. The molecule has 380 valence electrons. The van der Waals surface area contributed by atoms with E-state index in [0.29, 0.717) is 11.3 Å². The SMILES string of the molecule is CCCCC(CCCC)NC(=O)[C@H](Cc1c[nH]cn1)NC(=O)CNC(=O)[C@@H](NC(=O)[C@H](C)NC(=O)[C@H](Cc1c[nH]c2ccccc12)NC(=O)[C@H](CCC(N)=O)NC(=O)[C@H](N)Cc1ccccc1)C(C)C. The van der Waals surface area contributed by atoms with Gasteiger partial charge in [0.15, 0.2) is 0 Å². The number of amides is 8. The molecule has 6 atom stereocenters. The number of carbonyl (C=O) groups excluding carboxylic acids is 8. The molecule has 20 heteroatoms. The predicted molar refractivity (Wildman–Crippen MR) is 265 cm³/mol. The van der Waals surface area contributed by atoms with E-state index in [1.807, 2.05) is 42.5 Å². The maximum Gasteiger partial charge on any atom is 0.243 e. The van der Waals surface area contributed by atoms with Crippen LogP contribution in [0.2, 0.25) is 0 Å². The maximum absolute atomic E-state index is 14.1. The number of primary amides is 1.